The number of hydrogen-bond acceptors (Lipinski definition) is 6. The van der Waals surface area contributed by atoms with E-state index in [4.69, 9.17) is 4.74 Å². The molecule has 0 aliphatic heterocycles. The Hall–Kier alpha value is -2.63. The van der Waals surface area contributed by atoms with Crippen molar-refractivity contribution in [3.63, 3.8) is 0 Å². The van der Waals surface area contributed by atoms with E-state index in [9.17, 15) is 4.79 Å². The van der Waals surface area contributed by atoms with Gasteiger partial charge in [-0.2, -0.15) is 4.98 Å². The van der Waals surface area contributed by atoms with Gasteiger partial charge in [0.15, 0.2) is 0 Å². The highest BCUT2D eigenvalue weighted by Crippen LogP contribution is 2.23. The number of nitrogens with one attached hydrogen (secondary N) is 2. The maximum atomic E-state index is 12.0. The number of para-hydroxylation sites is 1. The molecule has 0 atom stereocenters. The van der Waals surface area contributed by atoms with Gasteiger partial charge < -0.3 is 15.4 Å². The molecule has 0 amide bonds. The van der Waals surface area contributed by atoms with E-state index < -0.39 is 0 Å². The first-order valence-corrected chi connectivity index (χ1v) is 8.39. The van der Waals surface area contributed by atoms with E-state index in [0.717, 1.165) is 5.82 Å². The van der Waals surface area contributed by atoms with Crippen molar-refractivity contribution in [3.05, 3.63) is 42.1 Å². The molecule has 1 fully saturated rings. The van der Waals surface area contributed by atoms with Crippen LogP contribution in [0, 0.1) is 0 Å². The molecule has 3 rings (SSSR count). The minimum Gasteiger partial charge on any atom is -0.462 e. The monoisotopic (exact) mass is 326 g/mol. The van der Waals surface area contributed by atoms with E-state index in [1.807, 2.05) is 18.2 Å². The summed E-state index contributed by atoms with van der Waals surface area (Å²) in [7, 11) is 0. The summed E-state index contributed by atoms with van der Waals surface area (Å²) in [5.74, 6) is 0.892. The third-order valence-corrected chi connectivity index (χ3v) is 4.03. The molecular weight excluding hydrogens is 304 g/mol. The van der Waals surface area contributed by atoms with Crippen LogP contribution in [0.4, 0.5) is 17.5 Å². The molecule has 126 valence electrons. The number of esters is 1. The summed E-state index contributed by atoms with van der Waals surface area (Å²) >= 11 is 0. The molecule has 0 unspecified atom stereocenters. The van der Waals surface area contributed by atoms with Gasteiger partial charge in [0.2, 0.25) is 5.95 Å². The molecule has 1 aliphatic carbocycles. The highest BCUT2D eigenvalue weighted by Gasteiger charge is 2.16. The maximum absolute atomic E-state index is 12.0. The molecular formula is C18H22N4O2. The Morgan fingerprint density at radius 2 is 2.04 bits per heavy atom. The Balaban J connectivity index is 1.75. The molecule has 0 spiro atoms. The summed E-state index contributed by atoms with van der Waals surface area (Å²) in [6, 6.07) is 9.54. The normalized spacial score (nSPS) is 14.4. The highest BCUT2D eigenvalue weighted by atomic mass is 16.5. The van der Waals surface area contributed by atoms with Gasteiger partial charge in [-0.05, 0) is 38.0 Å². The summed E-state index contributed by atoms with van der Waals surface area (Å²) in [5.41, 5.74) is 1.10. The zero-order chi connectivity index (χ0) is 16.8. The Labute approximate surface area is 141 Å². The number of nitrogens with zero attached hydrogens (tertiary/aromatic N) is 2. The van der Waals surface area contributed by atoms with Crippen molar-refractivity contribution < 1.29 is 9.53 Å². The standard InChI is InChI=1S/C18H22N4O2/c1-2-24-17(23)14-9-5-6-10-15(14)21-18-19-12-11-16(22-18)20-13-7-3-4-8-13/h5-6,9-13H,2-4,7-8H2,1H3,(H2,19,20,21,22). The third-order valence-electron chi connectivity index (χ3n) is 4.03. The lowest BCUT2D eigenvalue weighted by atomic mass is 10.2. The SMILES string of the molecule is CCOC(=O)c1ccccc1Nc1nccc(NC2CCCC2)n1. The van der Waals surface area contributed by atoms with Gasteiger partial charge in [0.1, 0.15) is 5.82 Å². The lowest BCUT2D eigenvalue weighted by molar-refractivity contribution is 0.0527. The van der Waals surface area contributed by atoms with Gasteiger partial charge in [-0.3, -0.25) is 0 Å². The predicted molar refractivity (Wildman–Crippen MR) is 93.6 cm³/mol. The lowest BCUT2D eigenvalue weighted by Gasteiger charge is -2.14. The molecule has 1 aromatic carbocycles. The van der Waals surface area contributed by atoms with Crippen LogP contribution in [0.25, 0.3) is 0 Å². The van der Waals surface area contributed by atoms with E-state index in [-0.39, 0.29) is 5.97 Å². The van der Waals surface area contributed by atoms with Crippen molar-refractivity contribution in [1.29, 1.82) is 0 Å². The fourth-order valence-electron chi connectivity index (χ4n) is 2.88. The van der Waals surface area contributed by atoms with E-state index >= 15 is 0 Å². The second-order valence-electron chi connectivity index (χ2n) is 5.78. The summed E-state index contributed by atoms with van der Waals surface area (Å²) in [6.07, 6.45) is 6.60. The average molecular weight is 326 g/mol. The number of carbonyl (C=O) groups is 1. The smallest absolute Gasteiger partial charge is 0.340 e. The first kappa shape index (κ1) is 16.2. The van der Waals surface area contributed by atoms with Gasteiger partial charge in [-0.1, -0.05) is 25.0 Å². The molecule has 1 heterocycles. The van der Waals surface area contributed by atoms with Crippen molar-refractivity contribution in [3.8, 4) is 0 Å². The second-order valence-corrected chi connectivity index (χ2v) is 5.78. The summed E-state index contributed by atoms with van der Waals surface area (Å²) < 4.78 is 5.09. The molecule has 6 nitrogen and oxygen atoms in total. The van der Waals surface area contributed by atoms with E-state index in [1.54, 1.807) is 25.3 Å². The zero-order valence-electron chi connectivity index (χ0n) is 13.8. The largest absolute Gasteiger partial charge is 0.462 e. The first-order chi connectivity index (χ1) is 11.8. The van der Waals surface area contributed by atoms with Crippen LogP contribution in [0.5, 0.6) is 0 Å². The number of aromatic nitrogens is 2. The number of hydrogen-bond donors (Lipinski definition) is 2. The fraction of sp³-hybridized carbons (Fsp3) is 0.389. The van der Waals surface area contributed by atoms with Crippen LogP contribution in [0.15, 0.2) is 36.5 Å². The van der Waals surface area contributed by atoms with Crippen molar-refractivity contribution in [2.45, 2.75) is 38.6 Å². The van der Waals surface area contributed by atoms with E-state index in [1.165, 1.54) is 25.7 Å². The maximum Gasteiger partial charge on any atom is 0.340 e. The zero-order valence-corrected chi connectivity index (χ0v) is 13.8. The number of benzene rings is 1. The second kappa shape index (κ2) is 7.77. The van der Waals surface area contributed by atoms with E-state index in [2.05, 4.69) is 20.6 Å². The number of rotatable bonds is 6. The van der Waals surface area contributed by atoms with Crippen LogP contribution in [0.1, 0.15) is 43.0 Å². The molecule has 6 heteroatoms. The molecule has 1 aromatic heterocycles. The molecule has 1 aliphatic rings. The summed E-state index contributed by atoms with van der Waals surface area (Å²) in [4.78, 5) is 20.8. The number of ether oxygens (including phenoxy) is 1. The van der Waals surface area contributed by atoms with Gasteiger partial charge in [0.25, 0.3) is 0 Å². The first-order valence-electron chi connectivity index (χ1n) is 8.39. The predicted octanol–water partition coefficient (Wildman–Crippen LogP) is 3.75. The van der Waals surface area contributed by atoms with Crippen LogP contribution < -0.4 is 10.6 Å². The van der Waals surface area contributed by atoms with E-state index in [0.29, 0.717) is 29.8 Å². The molecule has 0 radical (unpaired) electrons. The van der Waals surface area contributed by atoms with Crippen LogP contribution in [-0.2, 0) is 4.74 Å². The summed E-state index contributed by atoms with van der Waals surface area (Å²) in [5, 5.41) is 6.56. The van der Waals surface area contributed by atoms with Crippen molar-refractivity contribution >= 4 is 23.4 Å². The molecule has 0 bridgehead atoms. The van der Waals surface area contributed by atoms with Crippen LogP contribution in [0.3, 0.4) is 0 Å². The van der Waals surface area contributed by atoms with Crippen LogP contribution in [-0.4, -0.2) is 28.6 Å². The van der Waals surface area contributed by atoms with Gasteiger partial charge >= 0.3 is 5.97 Å². The average Bonchev–Trinajstić information content (AvgIpc) is 3.09. The minimum absolute atomic E-state index is 0.338. The topological polar surface area (TPSA) is 76.1 Å². The van der Waals surface area contributed by atoms with Gasteiger partial charge in [-0.15, -0.1) is 0 Å². The van der Waals surface area contributed by atoms with Crippen molar-refractivity contribution in [2.75, 3.05) is 17.2 Å². The fourth-order valence-corrected chi connectivity index (χ4v) is 2.88. The van der Waals surface area contributed by atoms with Crippen LogP contribution in [0.2, 0.25) is 0 Å². The molecule has 2 N–H and O–H groups in total. The number of carbonyl (C=O) groups excluding carboxylic acids is 1. The van der Waals surface area contributed by atoms with Crippen LogP contribution >= 0.6 is 0 Å². The Morgan fingerprint density at radius 3 is 2.83 bits per heavy atom. The lowest BCUT2D eigenvalue weighted by Crippen LogP contribution is -2.16. The van der Waals surface area contributed by atoms with Gasteiger partial charge in [-0.25, -0.2) is 9.78 Å². The Morgan fingerprint density at radius 1 is 1.25 bits per heavy atom. The molecule has 2 aromatic rings. The molecule has 24 heavy (non-hydrogen) atoms. The Bertz CT molecular complexity index is 699. The Kier molecular flexibility index (Phi) is 5.25. The van der Waals surface area contributed by atoms with Gasteiger partial charge in [0, 0.05) is 12.2 Å². The molecule has 1 saturated carbocycles. The third kappa shape index (κ3) is 4.01. The van der Waals surface area contributed by atoms with Gasteiger partial charge in [0.05, 0.1) is 17.9 Å². The number of anilines is 3. The van der Waals surface area contributed by atoms with Crippen molar-refractivity contribution in [1.82, 2.24) is 9.97 Å². The highest BCUT2D eigenvalue weighted by molar-refractivity contribution is 5.96. The van der Waals surface area contributed by atoms with Crippen molar-refractivity contribution in [2.24, 2.45) is 0 Å². The minimum atomic E-state index is -0.360. The summed E-state index contributed by atoms with van der Waals surface area (Å²) in [6.45, 7) is 2.12. The molecule has 0 saturated heterocycles. The quantitative estimate of drug-likeness (QED) is 0.787.